The molecule has 0 unspecified atom stereocenters. The van der Waals surface area contributed by atoms with Gasteiger partial charge in [0.25, 0.3) is 11.8 Å². The summed E-state index contributed by atoms with van der Waals surface area (Å²) in [6, 6.07) is 0. The number of carbonyl (C=O) groups excluding carboxylic acids is 4. The molecule has 0 aliphatic carbocycles. The molecule has 0 N–H and O–H groups in total. The zero-order valence-electron chi connectivity index (χ0n) is 15.4. The van der Waals surface area contributed by atoms with Crippen molar-refractivity contribution < 1.29 is 38.2 Å². The molecule has 28 heavy (non-hydrogen) atoms. The maximum absolute atomic E-state index is 11.5. The summed E-state index contributed by atoms with van der Waals surface area (Å²) >= 11 is 3.29. The summed E-state index contributed by atoms with van der Waals surface area (Å²) in [5.41, 5.74) is 0. The molecule has 10 nitrogen and oxygen atoms in total. The Hall–Kier alpha value is -1.82. The largest absolute Gasteiger partial charge is 0.378 e. The van der Waals surface area contributed by atoms with Crippen LogP contribution in [0.15, 0.2) is 10.6 Å². The molecule has 11 heteroatoms. The van der Waals surface area contributed by atoms with Crippen LogP contribution in [0, 0.1) is 0 Å². The van der Waals surface area contributed by atoms with Crippen LogP contribution >= 0.6 is 15.9 Å². The van der Waals surface area contributed by atoms with Crippen molar-refractivity contribution in [2.24, 2.45) is 0 Å². The number of carbonyl (C=O) groups is 4. The number of hydroxylamine groups is 2. The fourth-order valence-corrected chi connectivity index (χ4v) is 2.90. The number of halogens is 1. The lowest BCUT2D eigenvalue weighted by molar-refractivity contribution is -0.198. The van der Waals surface area contributed by atoms with Gasteiger partial charge in [0, 0.05) is 29.9 Å². The molecule has 0 bridgehead atoms. The van der Waals surface area contributed by atoms with Gasteiger partial charge in [0.05, 0.1) is 52.6 Å². The third kappa shape index (κ3) is 7.66. The molecule has 0 saturated carbocycles. The normalized spacial score (nSPS) is 16.9. The summed E-state index contributed by atoms with van der Waals surface area (Å²) < 4.78 is 16.8. The average molecular weight is 463 g/mol. The minimum Gasteiger partial charge on any atom is -0.378 e. The fourth-order valence-electron chi connectivity index (χ4n) is 2.40. The van der Waals surface area contributed by atoms with Gasteiger partial charge in [-0.05, 0) is 0 Å². The van der Waals surface area contributed by atoms with E-state index in [2.05, 4.69) is 15.9 Å². The van der Waals surface area contributed by atoms with Crippen LogP contribution in [0.4, 0.5) is 0 Å². The maximum Gasteiger partial charge on any atom is 0.335 e. The van der Waals surface area contributed by atoms with Crippen molar-refractivity contribution in [2.45, 2.75) is 19.3 Å². The first kappa shape index (κ1) is 22.5. The van der Waals surface area contributed by atoms with E-state index < -0.39 is 17.8 Å². The predicted octanol–water partition coefficient (Wildman–Crippen LogP) is 0.155. The molecule has 0 radical (unpaired) electrons. The van der Waals surface area contributed by atoms with E-state index in [1.807, 2.05) is 0 Å². The molecule has 2 aliphatic rings. The number of rotatable bonds is 13. The van der Waals surface area contributed by atoms with E-state index in [9.17, 15) is 19.2 Å². The van der Waals surface area contributed by atoms with Gasteiger partial charge in [-0.15, -0.1) is 5.06 Å². The second-order valence-corrected chi connectivity index (χ2v) is 7.00. The zero-order chi connectivity index (χ0) is 20.4. The van der Waals surface area contributed by atoms with Crippen molar-refractivity contribution >= 4 is 39.6 Å². The highest BCUT2D eigenvalue weighted by Crippen LogP contribution is 2.15. The van der Waals surface area contributed by atoms with Crippen LogP contribution in [0.3, 0.4) is 0 Å². The lowest BCUT2D eigenvalue weighted by atomic mass is 10.4. The summed E-state index contributed by atoms with van der Waals surface area (Å²) in [5.74, 6) is -1.74. The Morgan fingerprint density at radius 2 is 1.50 bits per heavy atom. The van der Waals surface area contributed by atoms with E-state index in [4.69, 9.17) is 19.0 Å². The minimum absolute atomic E-state index is 0.0219. The number of ether oxygens (including phenoxy) is 3. The summed E-state index contributed by atoms with van der Waals surface area (Å²) in [7, 11) is 0. The number of hydrogen-bond acceptors (Lipinski definition) is 8. The van der Waals surface area contributed by atoms with Gasteiger partial charge in [0.1, 0.15) is 0 Å². The van der Waals surface area contributed by atoms with Gasteiger partial charge in [0.2, 0.25) is 5.91 Å². The van der Waals surface area contributed by atoms with Crippen LogP contribution in [0.1, 0.15) is 19.3 Å². The maximum atomic E-state index is 11.5. The smallest absolute Gasteiger partial charge is 0.335 e. The second-order valence-electron chi connectivity index (χ2n) is 5.98. The lowest BCUT2D eigenvalue weighted by Crippen LogP contribution is -2.32. The van der Waals surface area contributed by atoms with Gasteiger partial charge in [-0.2, -0.15) is 0 Å². The Balaban J connectivity index is 1.36. The van der Waals surface area contributed by atoms with Gasteiger partial charge in [-0.3, -0.25) is 14.4 Å². The standard InChI is InChI=1S/C17H23BrN2O8/c18-13-11-16(23)19(12-13)4-6-26-8-10-27-9-7-25-5-3-17(24)28-20-14(21)1-2-15(20)22/h11H,1-10,12H2. The number of nitrogens with zero attached hydrogens (tertiary/aromatic N) is 2. The molecule has 1 fully saturated rings. The molecule has 2 aliphatic heterocycles. The molecule has 2 rings (SSSR count). The summed E-state index contributed by atoms with van der Waals surface area (Å²) in [5, 5.41) is 0.514. The second kappa shape index (κ2) is 11.9. The van der Waals surface area contributed by atoms with E-state index in [0.29, 0.717) is 44.6 Å². The third-order valence-electron chi connectivity index (χ3n) is 3.83. The third-order valence-corrected chi connectivity index (χ3v) is 4.31. The van der Waals surface area contributed by atoms with Crippen molar-refractivity contribution in [1.82, 2.24) is 9.96 Å². The SMILES string of the molecule is O=C(CCOCCOCCOCCN1CC(Br)=CC1=O)ON1C(=O)CCC1=O. The van der Waals surface area contributed by atoms with Crippen molar-refractivity contribution in [1.29, 1.82) is 0 Å². The van der Waals surface area contributed by atoms with E-state index in [1.165, 1.54) is 0 Å². The van der Waals surface area contributed by atoms with E-state index >= 15 is 0 Å². The first-order chi connectivity index (χ1) is 13.5. The van der Waals surface area contributed by atoms with Crippen LogP contribution in [0.5, 0.6) is 0 Å². The van der Waals surface area contributed by atoms with Crippen LogP contribution < -0.4 is 0 Å². The highest BCUT2D eigenvalue weighted by molar-refractivity contribution is 9.11. The van der Waals surface area contributed by atoms with Gasteiger partial charge in [0.15, 0.2) is 0 Å². The van der Waals surface area contributed by atoms with Gasteiger partial charge < -0.3 is 23.9 Å². The average Bonchev–Trinajstić information content (AvgIpc) is 3.14. The van der Waals surface area contributed by atoms with Gasteiger partial charge in [-0.1, -0.05) is 15.9 Å². The predicted molar refractivity (Wildman–Crippen MR) is 97.8 cm³/mol. The van der Waals surface area contributed by atoms with Crippen LogP contribution in [-0.2, 0) is 38.2 Å². The molecule has 0 atom stereocenters. The quantitative estimate of drug-likeness (QED) is 0.281. The fraction of sp³-hybridized carbons (Fsp3) is 0.647. The van der Waals surface area contributed by atoms with Crippen molar-refractivity contribution in [3.63, 3.8) is 0 Å². The van der Waals surface area contributed by atoms with Crippen molar-refractivity contribution in [3.05, 3.63) is 10.6 Å². The topological polar surface area (TPSA) is 112 Å². The first-order valence-corrected chi connectivity index (χ1v) is 9.71. The Morgan fingerprint density at radius 1 is 0.929 bits per heavy atom. The highest BCUT2D eigenvalue weighted by atomic mass is 79.9. The molecule has 3 amide bonds. The molecular weight excluding hydrogens is 440 g/mol. The summed E-state index contributed by atoms with van der Waals surface area (Å²) in [4.78, 5) is 52.0. The highest BCUT2D eigenvalue weighted by Gasteiger charge is 2.32. The Labute approximate surface area is 170 Å². The molecule has 0 spiro atoms. The molecular formula is C17H23BrN2O8. The van der Waals surface area contributed by atoms with Crippen molar-refractivity contribution in [3.8, 4) is 0 Å². The number of hydrogen-bond donors (Lipinski definition) is 0. The van der Waals surface area contributed by atoms with E-state index in [-0.39, 0.29) is 38.4 Å². The molecule has 0 aromatic rings. The van der Waals surface area contributed by atoms with Crippen LogP contribution in [0.25, 0.3) is 0 Å². The van der Waals surface area contributed by atoms with E-state index in [0.717, 1.165) is 4.48 Å². The van der Waals surface area contributed by atoms with Crippen LogP contribution in [-0.4, -0.2) is 86.4 Å². The monoisotopic (exact) mass is 462 g/mol. The number of imide groups is 1. The first-order valence-electron chi connectivity index (χ1n) is 8.92. The molecule has 0 aromatic carbocycles. The van der Waals surface area contributed by atoms with Crippen LogP contribution in [0.2, 0.25) is 0 Å². The van der Waals surface area contributed by atoms with Gasteiger partial charge >= 0.3 is 5.97 Å². The summed E-state index contributed by atoms with van der Waals surface area (Å²) in [6.45, 7) is 3.06. The molecule has 2 heterocycles. The number of amides is 3. The molecule has 0 aromatic heterocycles. The van der Waals surface area contributed by atoms with Gasteiger partial charge in [-0.25, -0.2) is 4.79 Å². The Morgan fingerprint density at radius 3 is 2.07 bits per heavy atom. The van der Waals surface area contributed by atoms with Crippen molar-refractivity contribution in [2.75, 3.05) is 52.7 Å². The Kier molecular flexibility index (Phi) is 9.55. The lowest BCUT2D eigenvalue weighted by Gasteiger charge is -2.15. The Bertz CT molecular complexity index is 608. The molecule has 1 saturated heterocycles. The zero-order valence-corrected chi connectivity index (χ0v) is 17.0. The molecule has 156 valence electrons. The summed E-state index contributed by atoms with van der Waals surface area (Å²) in [6.07, 6.45) is 1.61. The minimum atomic E-state index is -0.698. The van der Waals surface area contributed by atoms with E-state index in [1.54, 1.807) is 11.0 Å².